The summed E-state index contributed by atoms with van der Waals surface area (Å²) in [7, 11) is 0. The van der Waals surface area contributed by atoms with Crippen molar-refractivity contribution >= 4 is 40.6 Å². The number of nitro groups is 2. The van der Waals surface area contributed by atoms with Crippen molar-refractivity contribution < 1.29 is 19.7 Å². The van der Waals surface area contributed by atoms with E-state index in [4.69, 9.17) is 5.11 Å². The van der Waals surface area contributed by atoms with Gasteiger partial charge >= 0.3 is 11.7 Å². The Morgan fingerprint density at radius 1 is 1.22 bits per heavy atom. The topological polar surface area (TPSA) is 148 Å². The van der Waals surface area contributed by atoms with Crippen LogP contribution in [0.5, 0.6) is 0 Å². The van der Waals surface area contributed by atoms with Crippen LogP contribution in [-0.2, 0) is 0 Å². The minimum atomic E-state index is -1.06. The number of thiophene rings is 1. The Labute approximate surface area is 132 Å². The summed E-state index contributed by atoms with van der Waals surface area (Å²) in [6.45, 7) is 0. The lowest BCUT2D eigenvalue weighted by Crippen LogP contribution is -1.98. The molecule has 0 atom stereocenters. The molecule has 0 aliphatic heterocycles. The van der Waals surface area contributed by atoms with Crippen molar-refractivity contribution in [3.05, 3.63) is 60.3 Å². The molecule has 0 radical (unpaired) electrons. The summed E-state index contributed by atoms with van der Waals surface area (Å²) in [5, 5.41) is 34.1. The molecule has 2 rings (SSSR count). The molecule has 0 unspecified atom stereocenters. The van der Waals surface area contributed by atoms with Crippen molar-refractivity contribution in [2.75, 3.05) is 5.43 Å². The van der Waals surface area contributed by atoms with Crippen LogP contribution in [0, 0.1) is 20.2 Å². The van der Waals surface area contributed by atoms with Crippen LogP contribution < -0.4 is 5.43 Å². The van der Waals surface area contributed by atoms with Crippen molar-refractivity contribution in [2.45, 2.75) is 0 Å². The van der Waals surface area contributed by atoms with Gasteiger partial charge in [0.25, 0.3) is 5.69 Å². The standard InChI is InChI=1S/C12H8N4O6S/c17-12(18)11-4-2-8(23-11)6-13-14-9-3-1-7(15(19)20)5-10(9)16(21)22/h1-6,14H,(H,17,18)/b13-6+. The lowest BCUT2D eigenvalue weighted by atomic mass is 10.2. The van der Waals surface area contributed by atoms with Gasteiger partial charge in [0.2, 0.25) is 0 Å². The maximum absolute atomic E-state index is 10.9. The fourth-order valence-corrected chi connectivity index (χ4v) is 2.30. The van der Waals surface area contributed by atoms with Crippen molar-refractivity contribution in [2.24, 2.45) is 5.10 Å². The van der Waals surface area contributed by atoms with Crippen LogP contribution in [0.25, 0.3) is 0 Å². The van der Waals surface area contributed by atoms with Gasteiger partial charge in [-0.25, -0.2) is 4.79 Å². The van der Waals surface area contributed by atoms with Gasteiger partial charge in [-0.15, -0.1) is 11.3 Å². The Balaban J connectivity index is 2.18. The zero-order chi connectivity index (χ0) is 17.0. The Bertz CT molecular complexity index is 816. The maximum atomic E-state index is 10.9. The number of aromatic carboxylic acids is 1. The molecule has 118 valence electrons. The third-order valence-electron chi connectivity index (χ3n) is 2.60. The average Bonchev–Trinajstić information content (AvgIpc) is 2.96. The Morgan fingerprint density at radius 3 is 2.52 bits per heavy atom. The highest BCUT2D eigenvalue weighted by Crippen LogP contribution is 2.28. The van der Waals surface area contributed by atoms with Gasteiger partial charge in [0.15, 0.2) is 0 Å². The van der Waals surface area contributed by atoms with E-state index >= 15 is 0 Å². The largest absolute Gasteiger partial charge is 0.477 e. The number of hydrogen-bond acceptors (Lipinski definition) is 8. The second-order valence-corrected chi connectivity index (χ2v) is 5.21. The summed E-state index contributed by atoms with van der Waals surface area (Å²) >= 11 is 0.981. The molecule has 0 fully saturated rings. The van der Waals surface area contributed by atoms with E-state index in [1.807, 2.05) is 0 Å². The van der Waals surface area contributed by atoms with Crippen molar-refractivity contribution in [3.8, 4) is 0 Å². The fourth-order valence-electron chi connectivity index (χ4n) is 1.58. The molecule has 0 aliphatic carbocycles. The van der Waals surface area contributed by atoms with Crippen LogP contribution in [0.4, 0.5) is 17.1 Å². The number of carboxylic acid groups (broad SMARTS) is 1. The minimum Gasteiger partial charge on any atom is -0.477 e. The van der Waals surface area contributed by atoms with Crippen molar-refractivity contribution in [1.29, 1.82) is 0 Å². The van der Waals surface area contributed by atoms with Gasteiger partial charge in [0, 0.05) is 10.9 Å². The molecule has 2 aromatic rings. The first-order valence-corrected chi connectivity index (χ1v) is 6.75. The molecule has 1 aromatic carbocycles. The predicted molar refractivity (Wildman–Crippen MR) is 82.2 cm³/mol. The molecule has 2 N–H and O–H groups in total. The van der Waals surface area contributed by atoms with Gasteiger partial charge in [0.1, 0.15) is 10.6 Å². The highest BCUT2D eigenvalue weighted by molar-refractivity contribution is 7.15. The number of non-ortho nitro benzene ring substituents is 1. The molecule has 0 amide bonds. The molecule has 23 heavy (non-hydrogen) atoms. The molecule has 1 aromatic heterocycles. The average molecular weight is 336 g/mol. The molecule has 0 saturated carbocycles. The van der Waals surface area contributed by atoms with E-state index in [-0.39, 0.29) is 10.6 Å². The number of nitro benzene ring substituents is 2. The number of benzene rings is 1. The van der Waals surface area contributed by atoms with Gasteiger partial charge in [-0.2, -0.15) is 5.10 Å². The van der Waals surface area contributed by atoms with E-state index in [9.17, 15) is 25.0 Å². The van der Waals surface area contributed by atoms with Crippen LogP contribution in [-0.4, -0.2) is 27.1 Å². The molecular formula is C12H8N4O6S. The van der Waals surface area contributed by atoms with Crippen LogP contribution in [0.2, 0.25) is 0 Å². The molecule has 0 saturated heterocycles. The number of nitrogens with one attached hydrogen (secondary N) is 1. The summed E-state index contributed by atoms with van der Waals surface area (Å²) in [6.07, 6.45) is 1.29. The molecule has 1 heterocycles. The molecule has 0 spiro atoms. The van der Waals surface area contributed by atoms with E-state index in [1.54, 1.807) is 0 Å². The van der Waals surface area contributed by atoms with Crippen molar-refractivity contribution in [3.63, 3.8) is 0 Å². The van der Waals surface area contributed by atoms with Crippen LogP contribution in [0.1, 0.15) is 14.5 Å². The number of anilines is 1. The molecule has 0 aliphatic rings. The van der Waals surface area contributed by atoms with E-state index in [1.165, 1.54) is 24.4 Å². The third kappa shape index (κ3) is 3.85. The number of carbonyl (C=O) groups is 1. The number of rotatable bonds is 6. The number of hydrazone groups is 1. The number of nitrogens with zero attached hydrogens (tertiary/aromatic N) is 3. The van der Waals surface area contributed by atoms with Crippen LogP contribution >= 0.6 is 11.3 Å². The van der Waals surface area contributed by atoms with E-state index in [0.717, 1.165) is 23.5 Å². The summed E-state index contributed by atoms with van der Waals surface area (Å²) in [5.74, 6) is -1.06. The predicted octanol–water partition coefficient (Wildman–Crippen LogP) is 2.71. The number of hydrogen-bond donors (Lipinski definition) is 2. The lowest BCUT2D eigenvalue weighted by molar-refractivity contribution is -0.393. The SMILES string of the molecule is O=C(O)c1ccc(/C=N/Nc2ccc([N+](=O)[O-])cc2[N+](=O)[O-])s1. The minimum absolute atomic E-state index is 0.0214. The summed E-state index contributed by atoms with van der Waals surface area (Å²) in [6, 6.07) is 6.04. The first-order valence-electron chi connectivity index (χ1n) is 5.93. The fraction of sp³-hybridized carbons (Fsp3) is 0. The van der Waals surface area contributed by atoms with E-state index in [2.05, 4.69) is 10.5 Å². The zero-order valence-corrected chi connectivity index (χ0v) is 12.0. The van der Waals surface area contributed by atoms with Gasteiger partial charge in [0.05, 0.1) is 22.1 Å². The monoisotopic (exact) mass is 336 g/mol. The maximum Gasteiger partial charge on any atom is 0.345 e. The summed E-state index contributed by atoms with van der Waals surface area (Å²) < 4.78 is 0. The van der Waals surface area contributed by atoms with Crippen LogP contribution in [0.15, 0.2) is 35.4 Å². The molecule has 10 nitrogen and oxygen atoms in total. The summed E-state index contributed by atoms with van der Waals surface area (Å²) in [5.41, 5.74) is 1.49. The smallest absolute Gasteiger partial charge is 0.345 e. The third-order valence-corrected chi connectivity index (χ3v) is 3.61. The Morgan fingerprint density at radius 2 is 1.96 bits per heavy atom. The highest BCUT2D eigenvalue weighted by Gasteiger charge is 2.19. The Hall–Kier alpha value is -3.34. The first kappa shape index (κ1) is 16.0. The highest BCUT2D eigenvalue weighted by atomic mass is 32.1. The molecule has 0 bridgehead atoms. The van der Waals surface area contributed by atoms with Gasteiger partial charge in [-0.1, -0.05) is 0 Å². The first-order chi connectivity index (χ1) is 10.9. The van der Waals surface area contributed by atoms with E-state index in [0.29, 0.717) is 4.88 Å². The zero-order valence-electron chi connectivity index (χ0n) is 11.2. The van der Waals surface area contributed by atoms with Crippen molar-refractivity contribution in [1.82, 2.24) is 0 Å². The van der Waals surface area contributed by atoms with E-state index < -0.39 is 27.2 Å². The normalized spacial score (nSPS) is 10.6. The quantitative estimate of drug-likeness (QED) is 0.468. The molecule has 11 heteroatoms. The molecular weight excluding hydrogens is 328 g/mol. The summed E-state index contributed by atoms with van der Waals surface area (Å²) in [4.78, 5) is 31.5. The van der Waals surface area contributed by atoms with Gasteiger partial charge in [-0.05, 0) is 18.2 Å². The van der Waals surface area contributed by atoms with Crippen LogP contribution in [0.3, 0.4) is 0 Å². The van der Waals surface area contributed by atoms with Gasteiger partial charge < -0.3 is 5.11 Å². The lowest BCUT2D eigenvalue weighted by Gasteiger charge is -2.01. The Kier molecular flexibility index (Phi) is 4.61. The van der Waals surface area contributed by atoms with Gasteiger partial charge in [-0.3, -0.25) is 25.7 Å². The number of carboxylic acids is 1. The second-order valence-electron chi connectivity index (χ2n) is 4.09. The second kappa shape index (κ2) is 6.62.